The second kappa shape index (κ2) is 29.6. The Balaban J connectivity index is 0.000000134. The van der Waals surface area contributed by atoms with Gasteiger partial charge < -0.3 is 20.7 Å². The van der Waals surface area contributed by atoms with E-state index in [0.29, 0.717) is 54.5 Å². The second-order valence-electron chi connectivity index (χ2n) is 26.6. The highest BCUT2D eigenvalue weighted by atomic mass is 16.5. The molecule has 8 aliphatic rings. The first-order chi connectivity index (χ1) is 41.7. The van der Waals surface area contributed by atoms with Crippen molar-refractivity contribution in [2.75, 3.05) is 6.61 Å². The number of hydrogen-bond acceptors (Lipinski definition) is 8. The fourth-order valence-corrected chi connectivity index (χ4v) is 16.0. The topological polar surface area (TPSA) is 167 Å². The van der Waals surface area contributed by atoms with E-state index in [4.69, 9.17) is 20.0 Å². The van der Waals surface area contributed by atoms with E-state index in [1.54, 1.807) is 0 Å². The summed E-state index contributed by atoms with van der Waals surface area (Å²) in [6, 6.07) is 20.0. The molecule has 0 spiro atoms. The summed E-state index contributed by atoms with van der Waals surface area (Å²) >= 11 is 0. The molecule has 14 heteroatoms. The predicted molar refractivity (Wildman–Crippen MR) is 334 cm³/mol. The van der Waals surface area contributed by atoms with Gasteiger partial charge in [0.15, 0.2) is 17.1 Å². The van der Waals surface area contributed by atoms with Gasteiger partial charge in [-0.15, -0.1) is 0 Å². The van der Waals surface area contributed by atoms with E-state index in [1.807, 2.05) is 17.7 Å². The number of amides is 3. The minimum absolute atomic E-state index is 0.0468. The molecule has 4 atom stereocenters. The number of nitrogens with one attached hydrogen (secondary N) is 3. The summed E-state index contributed by atoms with van der Waals surface area (Å²) in [5.74, 6) is 0.340. The van der Waals surface area contributed by atoms with Crippen LogP contribution in [-0.4, -0.2) is 77.8 Å². The van der Waals surface area contributed by atoms with Gasteiger partial charge in [-0.3, -0.25) is 33.2 Å². The van der Waals surface area contributed by atoms with Gasteiger partial charge >= 0.3 is 5.97 Å². The van der Waals surface area contributed by atoms with Gasteiger partial charge in [0.2, 0.25) is 0 Å². The van der Waals surface area contributed by atoms with E-state index in [-0.39, 0.29) is 35.7 Å². The number of rotatable bonds is 13. The number of fused-ring (bicyclic) bond motifs is 5. The Labute approximate surface area is 506 Å². The summed E-state index contributed by atoms with van der Waals surface area (Å²) in [5.41, 5.74) is 13.1. The molecule has 4 unspecified atom stereocenters. The van der Waals surface area contributed by atoms with E-state index in [9.17, 15) is 19.2 Å². The number of benzene rings is 2. The van der Waals surface area contributed by atoms with Crippen LogP contribution >= 0.6 is 0 Å². The normalized spacial score (nSPS) is 22.7. The summed E-state index contributed by atoms with van der Waals surface area (Å²) in [7, 11) is 0. The monoisotopic (exact) mass is 1160 g/mol. The highest BCUT2D eigenvalue weighted by molar-refractivity contribution is 5.96. The van der Waals surface area contributed by atoms with Crippen molar-refractivity contribution in [2.24, 2.45) is 17.8 Å². The third-order valence-electron chi connectivity index (χ3n) is 20.6. The lowest BCUT2D eigenvalue weighted by Gasteiger charge is -2.30. The number of hydrogen-bond donors (Lipinski definition) is 3. The molecule has 5 fully saturated rings. The quantitative estimate of drug-likeness (QED) is 0.0980. The Hall–Kier alpha value is -6.05. The maximum absolute atomic E-state index is 13.4. The minimum atomic E-state index is -0.219. The molecule has 2 bridgehead atoms. The molecule has 3 N–H and O–H groups in total. The van der Waals surface area contributed by atoms with E-state index in [1.165, 1.54) is 160 Å². The molecule has 5 aromatic rings. The van der Waals surface area contributed by atoms with Crippen LogP contribution in [0.4, 0.5) is 0 Å². The van der Waals surface area contributed by atoms with Crippen molar-refractivity contribution in [3.8, 4) is 0 Å². The standard InChI is InChI=1S/C26H33N3O3.C23H31N3O.C22H35N3O/c1-3-32-26(31)22-18-12-13-19(14-18)23(22)27-25(30)24-20-6-4-5-7-21(20)29(28-24)15-17-10-8-16(2)9-11-17;27-23(24-19-13-7-2-1-3-8-14-19)22-20-15-9-10-16-21(20)26(25-22)17-18-11-5-4-6-12-18;26-22(23-17-11-5-2-1-3-6-12-17)21-19-15-9-10-16-20(19)25(24-21)18-13-7-4-8-14-18/h8-11,18-19,22-23H,3-7,12-15H2,1-2H3,(H,27,30);4-6,11-12,19H,1-3,7-10,13-17H2,(H,24,27);17-18H,1-16H2,(H,23,26). The molecule has 458 valence electrons. The molecule has 0 saturated heterocycles. The smallest absolute Gasteiger partial charge is 0.311 e. The van der Waals surface area contributed by atoms with Crippen LogP contribution in [-0.2, 0) is 61.1 Å². The van der Waals surface area contributed by atoms with Crippen molar-refractivity contribution in [1.29, 1.82) is 0 Å². The van der Waals surface area contributed by atoms with Crippen molar-refractivity contribution in [2.45, 2.75) is 269 Å². The molecular weight excluding hydrogens is 1060 g/mol. The molecule has 14 nitrogen and oxygen atoms in total. The zero-order chi connectivity index (χ0) is 58.5. The van der Waals surface area contributed by atoms with Gasteiger partial charge in [-0.25, -0.2) is 0 Å². The molecule has 3 aromatic heterocycles. The van der Waals surface area contributed by atoms with Crippen molar-refractivity contribution in [1.82, 2.24) is 45.3 Å². The van der Waals surface area contributed by atoms with E-state index >= 15 is 0 Å². The molecule has 0 radical (unpaired) electrons. The van der Waals surface area contributed by atoms with E-state index in [2.05, 4.69) is 80.8 Å². The van der Waals surface area contributed by atoms with Gasteiger partial charge in [0.05, 0.1) is 31.7 Å². The van der Waals surface area contributed by atoms with Crippen LogP contribution in [0.2, 0.25) is 0 Å². The number of carbonyl (C=O) groups excluding carboxylic acids is 4. The Morgan fingerprint density at radius 3 is 1.45 bits per heavy atom. The molecule has 3 amide bonds. The average molecular weight is 1160 g/mol. The molecule has 8 aliphatic carbocycles. The van der Waals surface area contributed by atoms with Crippen molar-refractivity contribution in [3.63, 3.8) is 0 Å². The lowest BCUT2D eigenvalue weighted by molar-refractivity contribution is -0.150. The third-order valence-corrected chi connectivity index (χ3v) is 20.6. The largest absolute Gasteiger partial charge is 0.466 e. The Kier molecular flexibility index (Phi) is 21.1. The van der Waals surface area contributed by atoms with E-state index in [0.717, 1.165) is 121 Å². The van der Waals surface area contributed by atoms with Crippen LogP contribution in [0.25, 0.3) is 0 Å². The molecule has 3 heterocycles. The zero-order valence-corrected chi connectivity index (χ0v) is 51.6. The number of ether oxygens (including phenoxy) is 1. The van der Waals surface area contributed by atoms with Crippen molar-refractivity contribution < 1.29 is 23.9 Å². The molecular formula is C71H99N9O5. The van der Waals surface area contributed by atoms with Crippen LogP contribution in [0.15, 0.2) is 54.6 Å². The zero-order valence-electron chi connectivity index (χ0n) is 51.6. The second-order valence-corrected chi connectivity index (χ2v) is 26.6. The van der Waals surface area contributed by atoms with Gasteiger partial charge in [0.25, 0.3) is 17.7 Å². The summed E-state index contributed by atoms with van der Waals surface area (Å²) < 4.78 is 11.7. The van der Waals surface area contributed by atoms with E-state index < -0.39 is 0 Å². The average Bonchev–Trinajstić information content (AvgIpc) is 2.66. The maximum atomic E-state index is 13.4. The van der Waals surface area contributed by atoms with Crippen LogP contribution in [0.3, 0.4) is 0 Å². The van der Waals surface area contributed by atoms with Gasteiger partial charge in [-0.05, 0) is 172 Å². The molecule has 0 aliphatic heterocycles. The molecule has 5 saturated carbocycles. The van der Waals surface area contributed by atoms with Crippen LogP contribution in [0, 0.1) is 24.7 Å². The predicted octanol–water partition coefficient (Wildman–Crippen LogP) is 13.6. The Morgan fingerprint density at radius 2 is 0.906 bits per heavy atom. The van der Waals surface area contributed by atoms with Crippen LogP contribution in [0.5, 0.6) is 0 Å². The fourth-order valence-electron chi connectivity index (χ4n) is 16.0. The van der Waals surface area contributed by atoms with Crippen molar-refractivity contribution in [3.05, 3.63) is 122 Å². The first-order valence-corrected chi connectivity index (χ1v) is 34.1. The van der Waals surface area contributed by atoms with Crippen LogP contribution in [0.1, 0.15) is 275 Å². The van der Waals surface area contributed by atoms with Gasteiger partial charge in [0.1, 0.15) is 0 Å². The minimum Gasteiger partial charge on any atom is -0.466 e. The molecule has 2 aromatic carbocycles. The van der Waals surface area contributed by atoms with Crippen LogP contribution < -0.4 is 16.0 Å². The first kappa shape index (κ1) is 60.6. The number of aryl methyl sites for hydroxylation is 1. The molecule has 85 heavy (non-hydrogen) atoms. The summed E-state index contributed by atoms with van der Waals surface area (Å²) in [5, 5.41) is 24.4. The van der Waals surface area contributed by atoms with Gasteiger partial charge in [0, 0.05) is 51.9 Å². The Bertz CT molecular complexity index is 3010. The van der Waals surface area contributed by atoms with Gasteiger partial charge in [-0.1, -0.05) is 144 Å². The molecule has 13 rings (SSSR count). The van der Waals surface area contributed by atoms with Gasteiger partial charge in [-0.2, -0.15) is 15.3 Å². The number of aromatic nitrogens is 6. The summed E-state index contributed by atoms with van der Waals surface area (Å²) in [6.45, 7) is 5.73. The number of esters is 1. The fraction of sp³-hybridized carbons (Fsp3) is 0.648. The summed E-state index contributed by atoms with van der Waals surface area (Å²) in [6.07, 6.45) is 40.0. The maximum Gasteiger partial charge on any atom is 0.311 e. The number of carbonyl (C=O) groups is 4. The Morgan fingerprint density at radius 1 is 0.471 bits per heavy atom. The highest BCUT2D eigenvalue weighted by Gasteiger charge is 2.52. The lowest BCUT2D eigenvalue weighted by Crippen LogP contribution is -2.47. The number of nitrogens with zero attached hydrogens (tertiary/aromatic N) is 6. The third kappa shape index (κ3) is 15.0. The lowest BCUT2D eigenvalue weighted by atomic mass is 9.84. The first-order valence-electron chi connectivity index (χ1n) is 34.1. The SMILES string of the molecule is CCOC(=O)C1C2CCC(C2)C1NC(=O)c1nn(Cc2ccc(C)cc2)c2c1CCCC2.O=C(NC1CCCCCCC1)c1nn(C2CCCCC2)c2c1CCCC2.O=C(NC1CCCCCCC1)c1nn(Cc2ccccc2)c2c1CCCC2. The summed E-state index contributed by atoms with van der Waals surface area (Å²) in [4.78, 5) is 52.2. The van der Waals surface area contributed by atoms with Crippen molar-refractivity contribution >= 4 is 23.7 Å². The highest BCUT2D eigenvalue weighted by Crippen LogP contribution is 2.49.